The minimum Gasteiger partial charge on any atom is -0.462 e. The maximum Gasteiger partial charge on any atom is 0.309 e. The number of cyclic esters (lactones) is 1. The highest BCUT2D eigenvalue weighted by Crippen LogP contribution is 2.44. The summed E-state index contributed by atoms with van der Waals surface area (Å²) in [6, 6.07) is 0. The number of hydrogen-bond acceptors (Lipinski definition) is 6. The number of allylic oxidation sites excluding steroid dienone is 2. The van der Waals surface area contributed by atoms with Gasteiger partial charge in [0.05, 0.1) is 24.5 Å². The van der Waals surface area contributed by atoms with E-state index in [0.29, 0.717) is 19.3 Å². The summed E-state index contributed by atoms with van der Waals surface area (Å²) < 4.78 is 11.7. The van der Waals surface area contributed by atoms with Crippen LogP contribution in [0.4, 0.5) is 0 Å². The molecule has 2 N–H and O–H groups in total. The Bertz CT molecular complexity index is 735. The van der Waals surface area contributed by atoms with Crippen LogP contribution in [0.2, 0.25) is 0 Å². The summed E-state index contributed by atoms with van der Waals surface area (Å²) in [5.41, 5.74) is 1.04. The van der Waals surface area contributed by atoms with Crippen LogP contribution in [0.3, 0.4) is 0 Å². The van der Waals surface area contributed by atoms with E-state index in [4.69, 9.17) is 9.47 Å². The van der Waals surface area contributed by atoms with E-state index in [1.54, 1.807) is 0 Å². The lowest BCUT2D eigenvalue weighted by Gasteiger charge is -2.43. The quantitative estimate of drug-likeness (QED) is 0.413. The van der Waals surface area contributed by atoms with Crippen LogP contribution in [0.5, 0.6) is 0 Å². The third kappa shape index (κ3) is 7.17. The minimum absolute atomic E-state index is 0.0227. The van der Waals surface area contributed by atoms with E-state index >= 15 is 0 Å². The van der Waals surface area contributed by atoms with Crippen molar-refractivity contribution in [1.82, 2.24) is 0 Å². The van der Waals surface area contributed by atoms with Gasteiger partial charge in [-0.1, -0.05) is 64.7 Å². The van der Waals surface area contributed by atoms with Gasteiger partial charge in [-0.3, -0.25) is 9.59 Å². The Morgan fingerprint density at radius 1 is 1.18 bits per heavy atom. The maximum absolute atomic E-state index is 13.2. The molecule has 6 heteroatoms. The fourth-order valence-corrected chi connectivity index (χ4v) is 6.03. The summed E-state index contributed by atoms with van der Waals surface area (Å²) in [7, 11) is 0. The smallest absolute Gasteiger partial charge is 0.309 e. The Morgan fingerprint density at radius 2 is 1.88 bits per heavy atom. The van der Waals surface area contributed by atoms with Gasteiger partial charge in [-0.2, -0.15) is 0 Å². The molecule has 0 aromatic carbocycles. The standard InChI is InChI=1S/C28H44O6/c1-4-6-9-19(10-7-5-2)28(32)34-25-16-21(29)14-20-11-8-12-24(27(20)25)18(3)13-23-15-22(30)17-26(31)33-23/h8,11,14,18-19,21-25,27,29-30H,4-7,9-10,12-13,15-17H2,1-3H3/t18-,21+,22+,23+,24-,25-,27-/m0/s1. The molecule has 192 valence electrons. The molecule has 2 aliphatic carbocycles. The summed E-state index contributed by atoms with van der Waals surface area (Å²) in [6.07, 6.45) is 12.5. The number of rotatable bonds is 11. The van der Waals surface area contributed by atoms with Crippen LogP contribution in [0.15, 0.2) is 23.8 Å². The largest absolute Gasteiger partial charge is 0.462 e. The lowest BCUT2D eigenvalue weighted by Crippen LogP contribution is -2.43. The summed E-state index contributed by atoms with van der Waals surface area (Å²) >= 11 is 0. The molecular weight excluding hydrogens is 432 g/mol. The van der Waals surface area contributed by atoms with E-state index < -0.39 is 12.2 Å². The molecule has 1 saturated heterocycles. The molecule has 0 bridgehead atoms. The van der Waals surface area contributed by atoms with Gasteiger partial charge in [0.25, 0.3) is 0 Å². The van der Waals surface area contributed by atoms with E-state index in [1.165, 1.54) is 0 Å². The first kappa shape index (κ1) is 26.9. The Hall–Kier alpha value is -1.66. The molecule has 0 unspecified atom stereocenters. The van der Waals surface area contributed by atoms with Crippen molar-refractivity contribution in [2.75, 3.05) is 0 Å². The first-order chi connectivity index (χ1) is 16.3. The molecule has 0 radical (unpaired) electrons. The monoisotopic (exact) mass is 476 g/mol. The predicted octanol–water partition coefficient (Wildman–Crippen LogP) is 4.87. The van der Waals surface area contributed by atoms with E-state index in [0.717, 1.165) is 50.5 Å². The van der Waals surface area contributed by atoms with Crippen LogP contribution in [0.1, 0.15) is 91.4 Å². The van der Waals surface area contributed by atoms with Gasteiger partial charge in [-0.15, -0.1) is 0 Å². The van der Waals surface area contributed by atoms with Crippen molar-refractivity contribution in [2.24, 2.45) is 23.7 Å². The fourth-order valence-electron chi connectivity index (χ4n) is 6.03. The molecule has 1 aliphatic heterocycles. The average molecular weight is 477 g/mol. The third-order valence-corrected chi connectivity index (χ3v) is 7.84. The van der Waals surface area contributed by atoms with Crippen LogP contribution < -0.4 is 0 Å². The number of aliphatic hydroxyl groups excluding tert-OH is 2. The molecule has 0 amide bonds. The second-order valence-electron chi connectivity index (χ2n) is 10.7. The van der Waals surface area contributed by atoms with Gasteiger partial charge < -0.3 is 19.7 Å². The van der Waals surface area contributed by atoms with Gasteiger partial charge in [0.2, 0.25) is 0 Å². The molecule has 0 spiro atoms. The van der Waals surface area contributed by atoms with E-state index in [1.807, 2.05) is 6.08 Å². The summed E-state index contributed by atoms with van der Waals surface area (Å²) in [6.45, 7) is 6.44. The minimum atomic E-state index is -0.637. The molecule has 1 fully saturated rings. The molecule has 0 aromatic heterocycles. The number of fused-ring (bicyclic) bond motifs is 1. The summed E-state index contributed by atoms with van der Waals surface area (Å²) in [5, 5.41) is 20.5. The zero-order valence-corrected chi connectivity index (χ0v) is 21.2. The van der Waals surface area contributed by atoms with Gasteiger partial charge >= 0.3 is 11.9 Å². The fraction of sp³-hybridized carbons (Fsp3) is 0.786. The number of unbranched alkanes of at least 4 members (excludes halogenated alkanes) is 2. The summed E-state index contributed by atoms with van der Waals surface area (Å²) in [4.78, 5) is 25.0. The van der Waals surface area contributed by atoms with Crippen molar-refractivity contribution in [3.8, 4) is 0 Å². The molecule has 34 heavy (non-hydrogen) atoms. The van der Waals surface area contributed by atoms with E-state index in [2.05, 4.69) is 32.9 Å². The normalized spacial score (nSPS) is 32.1. The van der Waals surface area contributed by atoms with Crippen LogP contribution in [-0.2, 0) is 19.1 Å². The highest BCUT2D eigenvalue weighted by Gasteiger charge is 2.43. The molecule has 6 nitrogen and oxygen atoms in total. The number of carbonyl (C=O) groups excluding carboxylic acids is 2. The van der Waals surface area contributed by atoms with Crippen LogP contribution in [0.25, 0.3) is 0 Å². The number of hydrogen-bond donors (Lipinski definition) is 2. The second kappa shape index (κ2) is 12.9. The van der Waals surface area contributed by atoms with Crippen LogP contribution in [-0.4, -0.2) is 46.6 Å². The Kier molecular flexibility index (Phi) is 10.2. The van der Waals surface area contributed by atoms with Gasteiger partial charge in [0.15, 0.2) is 0 Å². The second-order valence-corrected chi connectivity index (χ2v) is 10.7. The Labute approximate surface area is 204 Å². The van der Waals surface area contributed by atoms with Crippen molar-refractivity contribution >= 4 is 11.9 Å². The lowest BCUT2D eigenvalue weighted by molar-refractivity contribution is -0.164. The molecule has 1 heterocycles. The zero-order chi connectivity index (χ0) is 24.7. The topological polar surface area (TPSA) is 93.1 Å². The Balaban J connectivity index is 1.73. The predicted molar refractivity (Wildman–Crippen MR) is 131 cm³/mol. The van der Waals surface area contributed by atoms with Gasteiger partial charge in [-0.25, -0.2) is 0 Å². The van der Waals surface area contributed by atoms with Gasteiger partial charge in [0.1, 0.15) is 12.2 Å². The summed E-state index contributed by atoms with van der Waals surface area (Å²) in [5.74, 6) is -0.0967. The average Bonchev–Trinajstić information content (AvgIpc) is 2.77. The first-order valence-corrected chi connectivity index (χ1v) is 13.5. The number of esters is 2. The molecule has 3 aliphatic rings. The molecular formula is C28H44O6. The highest BCUT2D eigenvalue weighted by molar-refractivity contribution is 5.72. The van der Waals surface area contributed by atoms with Crippen LogP contribution in [0, 0.1) is 23.7 Å². The SMILES string of the molecule is CCCCC(CCCC)C(=O)O[C@H]1C[C@H](O)C=C2C=CC[C@@H]([C@@H](C)C[C@@H]3C[C@@H](O)CC(=O)O3)[C@H]21. The van der Waals surface area contributed by atoms with Crippen molar-refractivity contribution in [1.29, 1.82) is 0 Å². The maximum atomic E-state index is 13.2. The molecule has 7 atom stereocenters. The number of carbonyl (C=O) groups is 2. The number of aliphatic hydroxyl groups is 2. The van der Waals surface area contributed by atoms with Crippen LogP contribution >= 0.6 is 0 Å². The van der Waals surface area contributed by atoms with Crippen molar-refractivity contribution in [2.45, 2.75) is 116 Å². The number of ether oxygens (including phenoxy) is 2. The molecule has 0 saturated carbocycles. The van der Waals surface area contributed by atoms with E-state index in [-0.39, 0.29) is 54.2 Å². The van der Waals surface area contributed by atoms with E-state index in [9.17, 15) is 19.8 Å². The van der Waals surface area contributed by atoms with Gasteiger partial charge in [0, 0.05) is 18.8 Å². The Morgan fingerprint density at radius 3 is 2.53 bits per heavy atom. The van der Waals surface area contributed by atoms with Crippen molar-refractivity contribution in [3.63, 3.8) is 0 Å². The van der Waals surface area contributed by atoms with Crippen molar-refractivity contribution in [3.05, 3.63) is 23.8 Å². The molecule has 3 rings (SSSR count). The third-order valence-electron chi connectivity index (χ3n) is 7.84. The molecule has 0 aromatic rings. The zero-order valence-electron chi connectivity index (χ0n) is 21.2. The highest BCUT2D eigenvalue weighted by atomic mass is 16.6. The lowest BCUT2D eigenvalue weighted by atomic mass is 9.66. The first-order valence-electron chi connectivity index (χ1n) is 13.5. The van der Waals surface area contributed by atoms with Gasteiger partial charge in [-0.05, 0) is 43.1 Å². The van der Waals surface area contributed by atoms with Crippen molar-refractivity contribution < 1.29 is 29.3 Å².